The number of carbonyl (C=O) groups excluding carboxylic acids is 1. The molecule has 1 aliphatic rings. The maximum absolute atomic E-state index is 12.3. The monoisotopic (exact) mass is 342 g/mol. The Hall–Kier alpha value is -2.34. The summed E-state index contributed by atoms with van der Waals surface area (Å²) in [6, 6.07) is 7.52. The second-order valence-electron chi connectivity index (χ2n) is 6.49. The van der Waals surface area contributed by atoms with Crippen molar-refractivity contribution in [1.82, 2.24) is 20.5 Å². The number of hydrogen-bond acceptors (Lipinski definition) is 4. The molecule has 25 heavy (non-hydrogen) atoms. The van der Waals surface area contributed by atoms with Crippen molar-refractivity contribution >= 4 is 6.03 Å². The second-order valence-corrected chi connectivity index (χ2v) is 6.49. The molecule has 0 aromatic carbocycles. The van der Waals surface area contributed by atoms with E-state index in [-0.39, 0.29) is 18.1 Å². The molecule has 2 aromatic rings. The molecule has 1 fully saturated rings. The summed E-state index contributed by atoms with van der Waals surface area (Å²) in [6.45, 7) is 4.56. The molecule has 2 N–H and O–H groups in total. The molecule has 1 saturated heterocycles. The van der Waals surface area contributed by atoms with Gasteiger partial charge >= 0.3 is 6.03 Å². The lowest BCUT2D eigenvalue weighted by Crippen LogP contribution is -2.44. The summed E-state index contributed by atoms with van der Waals surface area (Å²) < 4.78 is 5.61. The number of piperidine rings is 1. The molecule has 1 aliphatic heterocycles. The van der Waals surface area contributed by atoms with Crippen molar-refractivity contribution in [3.8, 4) is 0 Å². The van der Waals surface area contributed by atoms with Gasteiger partial charge in [0.1, 0.15) is 5.76 Å². The Morgan fingerprint density at radius 3 is 2.80 bits per heavy atom. The minimum Gasteiger partial charge on any atom is -0.468 e. The first-order valence-electron chi connectivity index (χ1n) is 8.96. The van der Waals surface area contributed by atoms with Crippen LogP contribution in [-0.4, -0.2) is 35.5 Å². The van der Waals surface area contributed by atoms with E-state index >= 15 is 0 Å². The quantitative estimate of drug-likeness (QED) is 0.845. The van der Waals surface area contributed by atoms with Crippen LogP contribution in [0.2, 0.25) is 0 Å². The fourth-order valence-corrected chi connectivity index (χ4v) is 3.27. The van der Waals surface area contributed by atoms with Crippen molar-refractivity contribution < 1.29 is 9.21 Å². The zero-order valence-electron chi connectivity index (χ0n) is 14.6. The van der Waals surface area contributed by atoms with E-state index in [1.165, 1.54) is 19.3 Å². The predicted octanol–water partition coefficient (Wildman–Crippen LogP) is 3.26. The Bertz CT molecular complexity index is 639. The molecule has 6 nitrogen and oxygen atoms in total. The zero-order valence-corrected chi connectivity index (χ0v) is 14.6. The van der Waals surface area contributed by atoms with Crippen molar-refractivity contribution in [1.29, 1.82) is 0 Å². The fraction of sp³-hybridized carbons (Fsp3) is 0.474. The number of amides is 2. The summed E-state index contributed by atoms with van der Waals surface area (Å²) in [5.41, 5.74) is 0.983. The van der Waals surface area contributed by atoms with Crippen molar-refractivity contribution in [2.45, 2.75) is 38.3 Å². The van der Waals surface area contributed by atoms with Crippen LogP contribution in [0.1, 0.15) is 49.6 Å². The SMILES string of the molecule is C[C@H](NC(=O)NC[C@@H](c1ccco1)N1CCCCC1)c1cccnc1. The maximum atomic E-state index is 12.3. The van der Waals surface area contributed by atoms with Crippen LogP contribution < -0.4 is 10.6 Å². The van der Waals surface area contributed by atoms with E-state index in [1.54, 1.807) is 18.7 Å². The third kappa shape index (κ3) is 4.82. The van der Waals surface area contributed by atoms with Crippen LogP contribution in [-0.2, 0) is 0 Å². The Morgan fingerprint density at radius 1 is 1.28 bits per heavy atom. The second kappa shape index (κ2) is 8.67. The van der Waals surface area contributed by atoms with Gasteiger partial charge in [0.2, 0.25) is 0 Å². The molecular weight excluding hydrogens is 316 g/mol. The highest BCUT2D eigenvalue weighted by molar-refractivity contribution is 5.74. The summed E-state index contributed by atoms with van der Waals surface area (Å²) in [5.74, 6) is 0.905. The number of rotatable bonds is 6. The van der Waals surface area contributed by atoms with Gasteiger partial charge in [-0.2, -0.15) is 0 Å². The molecule has 0 radical (unpaired) electrons. The number of hydrogen-bond donors (Lipinski definition) is 2. The summed E-state index contributed by atoms with van der Waals surface area (Å²) >= 11 is 0. The molecule has 2 aromatic heterocycles. The van der Waals surface area contributed by atoms with Crippen LogP contribution in [0, 0.1) is 0 Å². The van der Waals surface area contributed by atoms with E-state index in [9.17, 15) is 4.79 Å². The van der Waals surface area contributed by atoms with Crippen LogP contribution in [0.3, 0.4) is 0 Å². The third-order valence-electron chi connectivity index (χ3n) is 4.69. The van der Waals surface area contributed by atoms with Gasteiger partial charge in [0.25, 0.3) is 0 Å². The summed E-state index contributed by atoms with van der Waals surface area (Å²) in [4.78, 5) is 18.8. The first-order valence-corrected chi connectivity index (χ1v) is 8.96. The third-order valence-corrected chi connectivity index (χ3v) is 4.69. The molecule has 3 rings (SSSR count). The molecule has 0 saturated carbocycles. The van der Waals surface area contributed by atoms with E-state index in [1.807, 2.05) is 31.2 Å². The molecule has 3 heterocycles. The van der Waals surface area contributed by atoms with Crippen LogP contribution in [0.25, 0.3) is 0 Å². The van der Waals surface area contributed by atoms with Gasteiger partial charge in [-0.15, -0.1) is 0 Å². The van der Waals surface area contributed by atoms with Gasteiger partial charge in [-0.05, 0) is 56.6 Å². The lowest BCUT2D eigenvalue weighted by molar-refractivity contribution is 0.143. The Labute approximate surface area is 148 Å². The van der Waals surface area contributed by atoms with Crippen molar-refractivity contribution in [3.05, 3.63) is 54.2 Å². The molecule has 2 atom stereocenters. The highest BCUT2D eigenvalue weighted by Crippen LogP contribution is 2.24. The van der Waals surface area contributed by atoms with Gasteiger partial charge < -0.3 is 15.1 Å². The van der Waals surface area contributed by atoms with E-state index in [4.69, 9.17) is 4.42 Å². The van der Waals surface area contributed by atoms with Gasteiger partial charge in [0.05, 0.1) is 18.3 Å². The normalized spacial score (nSPS) is 17.6. The molecular formula is C19H26N4O2. The van der Waals surface area contributed by atoms with Crippen LogP contribution in [0.15, 0.2) is 47.3 Å². The fourth-order valence-electron chi connectivity index (χ4n) is 3.27. The first-order chi connectivity index (χ1) is 12.2. The maximum Gasteiger partial charge on any atom is 0.315 e. The van der Waals surface area contributed by atoms with Crippen molar-refractivity contribution in [2.24, 2.45) is 0 Å². The number of nitrogens with one attached hydrogen (secondary N) is 2. The lowest BCUT2D eigenvalue weighted by atomic mass is 10.1. The molecule has 134 valence electrons. The van der Waals surface area contributed by atoms with Gasteiger partial charge in [0, 0.05) is 18.9 Å². The molecule has 2 amide bonds. The van der Waals surface area contributed by atoms with Crippen LogP contribution in [0.4, 0.5) is 4.79 Å². The van der Waals surface area contributed by atoms with Gasteiger partial charge in [-0.1, -0.05) is 12.5 Å². The predicted molar refractivity (Wildman–Crippen MR) is 96.1 cm³/mol. The summed E-state index contributed by atoms with van der Waals surface area (Å²) in [6.07, 6.45) is 8.85. The first kappa shape index (κ1) is 17.5. The van der Waals surface area contributed by atoms with Gasteiger partial charge in [0.15, 0.2) is 0 Å². The van der Waals surface area contributed by atoms with E-state index < -0.39 is 0 Å². The number of carbonyl (C=O) groups is 1. The van der Waals surface area contributed by atoms with E-state index in [2.05, 4.69) is 20.5 Å². The molecule has 0 unspecified atom stereocenters. The van der Waals surface area contributed by atoms with E-state index in [0.717, 1.165) is 24.4 Å². The number of pyridine rings is 1. The standard InChI is InChI=1S/C19H26N4O2/c1-15(16-7-5-9-20-13-16)22-19(24)21-14-17(18-8-6-12-25-18)23-10-3-2-4-11-23/h5-9,12-13,15,17H,2-4,10-11,14H2,1H3,(H2,21,22,24)/t15-,17-/m0/s1. The van der Waals surface area contributed by atoms with Crippen LogP contribution >= 0.6 is 0 Å². The number of urea groups is 1. The zero-order chi connectivity index (χ0) is 17.5. The van der Waals surface area contributed by atoms with Gasteiger partial charge in [-0.25, -0.2) is 4.79 Å². The number of likely N-dealkylation sites (tertiary alicyclic amines) is 1. The average molecular weight is 342 g/mol. The van der Waals surface area contributed by atoms with Crippen LogP contribution in [0.5, 0.6) is 0 Å². The molecule has 0 aliphatic carbocycles. The van der Waals surface area contributed by atoms with Gasteiger partial charge in [-0.3, -0.25) is 9.88 Å². The number of aromatic nitrogens is 1. The Morgan fingerprint density at radius 2 is 2.12 bits per heavy atom. The highest BCUT2D eigenvalue weighted by atomic mass is 16.3. The lowest BCUT2D eigenvalue weighted by Gasteiger charge is -2.33. The number of furan rings is 1. The molecule has 0 spiro atoms. The van der Waals surface area contributed by atoms with Crippen molar-refractivity contribution in [2.75, 3.05) is 19.6 Å². The minimum absolute atomic E-state index is 0.0785. The van der Waals surface area contributed by atoms with E-state index in [0.29, 0.717) is 6.54 Å². The smallest absolute Gasteiger partial charge is 0.315 e. The Balaban J connectivity index is 1.56. The van der Waals surface area contributed by atoms with Crippen molar-refractivity contribution in [3.63, 3.8) is 0 Å². The topological polar surface area (TPSA) is 70.4 Å². The summed E-state index contributed by atoms with van der Waals surface area (Å²) in [7, 11) is 0. The highest BCUT2D eigenvalue weighted by Gasteiger charge is 2.25. The number of nitrogens with zero attached hydrogens (tertiary/aromatic N) is 2. The molecule has 6 heteroatoms. The Kier molecular flexibility index (Phi) is 6.06. The average Bonchev–Trinajstić information content (AvgIpc) is 3.18. The minimum atomic E-state index is -0.176. The largest absolute Gasteiger partial charge is 0.468 e. The summed E-state index contributed by atoms with van der Waals surface area (Å²) in [5, 5.41) is 5.96. The molecule has 0 bridgehead atoms.